The highest BCUT2D eigenvalue weighted by Crippen LogP contribution is 2.02. The van der Waals surface area contributed by atoms with Gasteiger partial charge in [-0.1, -0.05) is 0 Å². The van der Waals surface area contributed by atoms with Gasteiger partial charge in [0.15, 0.2) is 0 Å². The molecular formula is C10H13N5. The Morgan fingerprint density at radius 3 is 2.87 bits per heavy atom. The Labute approximate surface area is 88.2 Å². The number of hydrogen-bond donors (Lipinski definition) is 1. The molecule has 15 heavy (non-hydrogen) atoms. The highest BCUT2D eigenvalue weighted by Gasteiger charge is 2.02. The third-order valence-corrected chi connectivity index (χ3v) is 2.13. The van der Waals surface area contributed by atoms with Gasteiger partial charge in [0.1, 0.15) is 12.2 Å². The first-order valence-corrected chi connectivity index (χ1v) is 4.80. The molecule has 5 heteroatoms. The summed E-state index contributed by atoms with van der Waals surface area (Å²) in [6, 6.07) is 3.98. The van der Waals surface area contributed by atoms with Gasteiger partial charge < -0.3 is 9.88 Å². The third-order valence-electron chi connectivity index (χ3n) is 2.13. The van der Waals surface area contributed by atoms with E-state index in [9.17, 15) is 0 Å². The lowest BCUT2D eigenvalue weighted by molar-refractivity contribution is 0.672. The topological polar surface area (TPSA) is 55.6 Å². The Balaban J connectivity index is 2.14. The summed E-state index contributed by atoms with van der Waals surface area (Å²) in [5, 5.41) is 11.0. The molecule has 0 spiro atoms. The van der Waals surface area contributed by atoms with Crippen LogP contribution in [-0.4, -0.2) is 26.8 Å². The van der Waals surface area contributed by atoms with E-state index in [1.165, 1.54) is 5.56 Å². The van der Waals surface area contributed by atoms with Crippen molar-refractivity contribution < 1.29 is 0 Å². The first-order valence-electron chi connectivity index (χ1n) is 4.80. The number of aromatic nitrogens is 4. The molecule has 0 aromatic carbocycles. The Morgan fingerprint density at radius 2 is 2.13 bits per heavy atom. The van der Waals surface area contributed by atoms with E-state index in [0.717, 1.165) is 18.9 Å². The van der Waals surface area contributed by atoms with E-state index in [1.807, 2.05) is 23.7 Å². The summed E-state index contributed by atoms with van der Waals surface area (Å²) in [4.78, 5) is 3.98. The second-order valence-corrected chi connectivity index (χ2v) is 3.26. The fourth-order valence-corrected chi connectivity index (χ4v) is 1.39. The number of nitrogens with one attached hydrogen (secondary N) is 1. The van der Waals surface area contributed by atoms with Gasteiger partial charge in [-0.25, -0.2) is 0 Å². The van der Waals surface area contributed by atoms with Crippen LogP contribution in [0.3, 0.4) is 0 Å². The van der Waals surface area contributed by atoms with E-state index in [0.29, 0.717) is 0 Å². The van der Waals surface area contributed by atoms with Crippen LogP contribution < -0.4 is 5.32 Å². The average molecular weight is 203 g/mol. The third kappa shape index (κ3) is 2.38. The standard InChI is InChI=1S/C10H13N5/c1-11-6-10-14-13-8-15(10)7-9-2-4-12-5-3-9/h2-5,8,11H,6-7H2,1H3. The van der Waals surface area contributed by atoms with Crippen LogP contribution in [0, 0.1) is 0 Å². The first-order chi connectivity index (χ1) is 7.40. The number of nitrogens with zero attached hydrogens (tertiary/aromatic N) is 4. The molecule has 0 saturated heterocycles. The van der Waals surface area contributed by atoms with Crippen LogP contribution in [0.5, 0.6) is 0 Å². The zero-order valence-electron chi connectivity index (χ0n) is 8.59. The van der Waals surface area contributed by atoms with Gasteiger partial charge in [0.2, 0.25) is 0 Å². The van der Waals surface area contributed by atoms with Crippen molar-refractivity contribution in [3.63, 3.8) is 0 Å². The minimum Gasteiger partial charge on any atom is -0.313 e. The molecule has 78 valence electrons. The summed E-state index contributed by atoms with van der Waals surface area (Å²) in [6.45, 7) is 1.51. The molecule has 0 unspecified atom stereocenters. The van der Waals surface area contributed by atoms with Gasteiger partial charge in [-0.2, -0.15) is 0 Å². The maximum Gasteiger partial charge on any atom is 0.147 e. The molecule has 1 N–H and O–H groups in total. The first kappa shape index (κ1) is 9.79. The van der Waals surface area contributed by atoms with Crippen molar-refractivity contribution in [1.82, 2.24) is 25.1 Å². The van der Waals surface area contributed by atoms with E-state index in [4.69, 9.17) is 0 Å². The molecule has 0 saturated carbocycles. The molecule has 0 aliphatic heterocycles. The van der Waals surface area contributed by atoms with Crippen LogP contribution in [0.1, 0.15) is 11.4 Å². The summed E-state index contributed by atoms with van der Waals surface area (Å²) in [5.41, 5.74) is 1.20. The fourth-order valence-electron chi connectivity index (χ4n) is 1.39. The Morgan fingerprint density at radius 1 is 1.33 bits per heavy atom. The molecule has 0 atom stereocenters. The van der Waals surface area contributed by atoms with E-state index >= 15 is 0 Å². The minimum atomic E-state index is 0.727. The van der Waals surface area contributed by atoms with Gasteiger partial charge in [-0.15, -0.1) is 10.2 Å². The highest BCUT2D eigenvalue weighted by molar-refractivity contribution is 5.10. The molecule has 2 heterocycles. The van der Waals surface area contributed by atoms with Gasteiger partial charge in [0.05, 0.1) is 13.1 Å². The maximum absolute atomic E-state index is 4.04. The molecule has 0 fully saturated rings. The van der Waals surface area contributed by atoms with Crippen LogP contribution in [0.4, 0.5) is 0 Å². The van der Waals surface area contributed by atoms with E-state index < -0.39 is 0 Å². The van der Waals surface area contributed by atoms with Gasteiger partial charge in [0, 0.05) is 12.4 Å². The van der Waals surface area contributed by atoms with E-state index in [1.54, 1.807) is 18.7 Å². The maximum atomic E-state index is 4.04. The molecule has 2 aromatic rings. The van der Waals surface area contributed by atoms with E-state index in [2.05, 4.69) is 20.5 Å². The lowest BCUT2D eigenvalue weighted by atomic mass is 10.3. The number of hydrogen-bond acceptors (Lipinski definition) is 4. The predicted molar refractivity (Wildman–Crippen MR) is 56.1 cm³/mol. The van der Waals surface area contributed by atoms with Gasteiger partial charge in [-0.3, -0.25) is 4.98 Å². The highest BCUT2D eigenvalue weighted by atomic mass is 15.3. The van der Waals surface area contributed by atoms with Crippen molar-refractivity contribution in [1.29, 1.82) is 0 Å². The molecule has 0 amide bonds. The van der Waals surface area contributed by atoms with Gasteiger partial charge >= 0.3 is 0 Å². The van der Waals surface area contributed by atoms with E-state index in [-0.39, 0.29) is 0 Å². The quantitative estimate of drug-likeness (QED) is 0.783. The predicted octanol–water partition coefficient (Wildman–Crippen LogP) is 0.441. The largest absolute Gasteiger partial charge is 0.313 e. The zero-order valence-corrected chi connectivity index (χ0v) is 8.59. The zero-order chi connectivity index (χ0) is 10.5. The summed E-state index contributed by atoms with van der Waals surface area (Å²) >= 11 is 0. The molecule has 0 aliphatic rings. The van der Waals surface area contributed by atoms with Crippen molar-refractivity contribution in [2.24, 2.45) is 0 Å². The molecule has 5 nitrogen and oxygen atoms in total. The van der Waals surface area contributed by atoms with Gasteiger partial charge in [-0.05, 0) is 24.7 Å². The number of rotatable bonds is 4. The summed E-state index contributed by atoms with van der Waals surface area (Å²) in [7, 11) is 1.89. The van der Waals surface area contributed by atoms with Crippen molar-refractivity contribution in [2.75, 3.05) is 7.05 Å². The molecular weight excluding hydrogens is 190 g/mol. The van der Waals surface area contributed by atoms with Crippen molar-refractivity contribution in [3.05, 3.63) is 42.2 Å². The molecule has 0 radical (unpaired) electrons. The van der Waals surface area contributed by atoms with Gasteiger partial charge in [0.25, 0.3) is 0 Å². The summed E-state index contributed by atoms with van der Waals surface area (Å²) in [5.74, 6) is 0.939. The van der Waals surface area contributed by atoms with Crippen molar-refractivity contribution in [2.45, 2.75) is 13.1 Å². The average Bonchev–Trinajstić information content (AvgIpc) is 2.68. The molecule has 2 rings (SSSR count). The summed E-state index contributed by atoms with van der Waals surface area (Å²) in [6.07, 6.45) is 5.32. The monoisotopic (exact) mass is 203 g/mol. The van der Waals surface area contributed by atoms with Crippen LogP contribution in [0.2, 0.25) is 0 Å². The molecule has 2 aromatic heterocycles. The lowest BCUT2D eigenvalue weighted by Crippen LogP contribution is -2.12. The Hall–Kier alpha value is -1.75. The lowest BCUT2D eigenvalue weighted by Gasteiger charge is -2.05. The molecule has 0 bridgehead atoms. The smallest absolute Gasteiger partial charge is 0.147 e. The van der Waals surface area contributed by atoms with Crippen molar-refractivity contribution >= 4 is 0 Å². The second-order valence-electron chi connectivity index (χ2n) is 3.26. The summed E-state index contributed by atoms with van der Waals surface area (Å²) < 4.78 is 2.02. The van der Waals surface area contributed by atoms with Crippen LogP contribution in [-0.2, 0) is 13.1 Å². The second kappa shape index (κ2) is 4.65. The SMILES string of the molecule is CNCc1nncn1Cc1ccncc1. The molecule has 0 aliphatic carbocycles. The van der Waals surface area contributed by atoms with Crippen LogP contribution in [0.25, 0.3) is 0 Å². The normalized spacial score (nSPS) is 10.5. The number of pyridine rings is 1. The fraction of sp³-hybridized carbons (Fsp3) is 0.300. The Bertz CT molecular complexity index is 409. The van der Waals surface area contributed by atoms with Crippen LogP contribution >= 0.6 is 0 Å². The minimum absolute atomic E-state index is 0.727. The van der Waals surface area contributed by atoms with Crippen LogP contribution in [0.15, 0.2) is 30.9 Å². The Kier molecular flexibility index (Phi) is 3.04. The van der Waals surface area contributed by atoms with Crippen molar-refractivity contribution in [3.8, 4) is 0 Å².